The summed E-state index contributed by atoms with van der Waals surface area (Å²) >= 11 is 0. The van der Waals surface area contributed by atoms with Crippen LogP contribution >= 0.6 is 0 Å². The van der Waals surface area contributed by atoms with Crippen LogP contribution in [0.15, 0.2) is 66.0 Å². The molecule has 0 fully saturated rings. The second-order valence-electron chi connectivity index (χ2n) is 10.2. The highest BCUT2D eigenvalue weighted by molar-refractivity contribution is 5.95. The van der Waals surface area contributed by atoms with E-state index >= 15 is 0 Å². The zero-order valence-corrected chi connectivity index (χ0v) is 22.9. The molecule has 2 amide bonds. The summed E-state index contributed by atoms with van der Waals surface area (Å²) < 4.78 is 13.3. The van der Waals surface area contributed by atoms with Crippen molar-refractivity contribution < 1.29 is 19.1 Å². The van der Waals surface area contributed by atoms with Gasteiger partial charge in [0.25, 0.3) is 0 Å². The Bertz CT molecular complexity index is 1340. The second-order valence-corrected chi connectivity index (χ2v) is 10.2. The summed E-state index contributed by atoms with van der Waals surface area (Å²) in [7, 11) is 0. The third-order valence-corrected chi connectivity index (χ3v) is 6.31. The summed E-state index contributed by atoms with van der Waals surface area (Å²) in [4.78, 5) is 25.7. The summed E-state index contributed by atoms with van der Waals surface area (Å²) in [5.74, 6) is 0.899. The number of carbonyl (C=O) groups is 2. The summed E-state index contributed by atoms with van der Waals surface area (Å²) in [5.41, 5.74) is 4.83. The predicted molar refractivity (Wildman–Crippen MR) is 147 cm³/mol. The summed E-state index contributed by atoms with van der Waals surface area (Å²) in [5, 5.41) is 10.5. The number of amides is 2. The van der Waals surface area contributed by atoms with Gasteiger partial charge in [0.05, 0.1) is 35.7 Å². The zero-order chi connectivity index (χ0) is 27.4. The van der Waals surface area contributed by atoms with Gasteiger partial charge in [-0.05, 0) is 75.9 Å². The maximum Gasteiger partial charge on any atom is 0.338 e. The van der Waals surface area contributed by atoms with Gasteiger partial charge in [-0.3, -0.25) is 0 Å². The van der Waals surface area contributed by atoms with Gasteiger partial charge in [-0.2, -0.15) is 5.10 Å². The number of benzene rings is 2. The minimum atomic E-state index is -0.746. The van der Waals surface area contributed by atoms with Gasteiger partial charge in [-0.15, -0.1) is 0 Å². The largest absolute Gasteiger partial charge is 0.493 e. The van der Waals surface area contributed by atoms with Crippen LogP contribution in [0, 0.1) is 12.8 Å². The maximum absolute atomic E-state index is 13.2. The third-order valence-electron chi connectivity index (χ3n) is 6.31. The van der Waals surface area contributed by atoms with E-state index in [1.165, 1.54) is 0 Å². The molecular weight excluding hydrogens is 480 g/mol. The fourth-order valence-electron chi connectivity index (χ4n) is 4.37. The maximum atomic E-state index is 13.2. The van der Waals surface area contributed by atoms with Gasteiger partial charge in [0, 0.05) is 23.0 Å². The van der Waals surface area contributed by atoms with Gasteiger partial charge < -0.3 is 20.1 Å². The molecule has 1 aliphatic rings. The summed E-state index contributed by atoms with van der Waals surface area (Å²) in [6, 6.07) is 14.5. The van der Waals surface area contributed by atoms with Crippen molar-refractivity contribution in [2.75, 3.05) is 6.61 Å². The van der Waals surface area contributed by atoms with Crippen molar-refractivity contribution in [3.63, 3.8) is 0 Å². The lowest BCUT2D eigenvalue weighted by molar-refractivity contribution is -0.143. The van der Waals surface area contributed by atoms with Crippen molar-refractivity contribution >= 4 is 12.0 Å². The summed E-state index contributed by atoms with van der Waals surface area (Å²) in [6.45, 7) is 12.3. The molecule has 0 spiro atoms. The van der Waals surface area contributed by atoms with E-state index < -0.39 is 18.0 Å². The number of nitrogens with one attached hydrogen (secondary N) is 2. The molecule has 1 atom stereocenters. The number of hydrogen-bond acceptors (Lipinski definition) is 5. The highest BCUT2D eigenvalue weighted by atomic mass is 16.5. The van der Waals surface area contributed by atoms with Crippen LogP contribution in [0.4, 0.5) is 4.79 Å². The van der Waals surface area contributed by atoms with Crippen LogP contribution in [0.2, 0.25) is 0 Å². The monoisotopic (exact) mass is 516 g/mol. The second kappa shape index (κ2) is 11.5. The van der Waals surface area contributed by atoms with Gasteiger partial charge in [0.1, 0.15) is 5.75 Å². The number of aromatic nitrogens is 2. The molecule has 0 saturated heterocycles. The van der Waals surface area contributed by atoms with E-state index in [1.807, 2.05) is 61.7 Å². The Morgan fingerprint density at radius 2 is 1.82 bits per heavy atom. The molecule has 1 aliphatic heterocycles. The van der Waals surface area contributed by atoms with E-state index in [0.29, 0.717) is 35.1 Å². The Balaban J connectivity index is 1.81. The van der Waals surface area contributed by atoms with E-state index in [1.54, 1.807) is 25.5 Å². The van der Waals surface area contributed by atoms with Gasteiger partial charge in [-0.25, -0.2) is 14.3 Å². The van der Waals surface area contributed by atoms with Crippen molar-refractivity contribution in [3.05, 3.63) is 77.1 Å². The predicted octanol–water partition coefficient (Wildman–Crippen LogP) is 5.85. The Morgan fingerprint density at radius 1 is 1.08 bits per heavy atom. The fourth-order valence-corrected chi connectivity index (χ4v) is 4.37. The SMILES string of the molecule is CC1=C(C(=O)OC(C)C)C(c2cn(-c3ccccc3)nc2-c2ccc(OCCC(C)C)c(C)c2)NC(=O)N1. The van der Waals surface area contributed by atoms with E-state index in [9.17, 15) is 9.59 Å². The highest BCUT2D eigenvalue weighted by Crippen LogP contribution is 2.36. The number of ether oxygens (including phenoxy) is 2. The zero-order valence-electron chi connectivity index (χ0n) is 22.9. The quantitative estimate of drug-likeness (QED) is 0.348. The number of para-hydroxylation sites is 1. The van der Waals surface area contributed by atoms with Crippen LogP contribution < -0.4 is 15.4 Å². The first-order valence-electron chi connectivity index (χ1n) is 13.0. The number of hydrogen-bond donors (Lipinski definition) is 2. The molecule has 0 bridgehead atoms. The molecule has 2 N–H and O–H groups in total. The molecule has 0 aliphatic carbocycles. The molecule has 2 aromatic carbocycles. The molecule has 8 heteroatoms. The first-order valence-corrected chi connectivity index (χ1v) is 13.0. The van der Waals surface area contributed by atoms with E-state index in [4.69, 9.17) is 14.6 Å². The first-order chi connectivity index (χ1) is 18.1. The lowest BCUT2D eigenvalue weighted by atomic mass is 9.93. The molecule has 1 aromatic heterocycles. The van der Waals surface area contributed by atoms with Crippen LogP contribution in [-0.4, -0.2) is 34.5 Å². The molecule has 1 unspecified atom stereocenters. The lowest BCUT2D eigenvalue weighted by Crippen LogP contribution is -2.45. The fraction of sp³-hybridized carbons (Fsp3) is 0.367. The number of rotatable bonds is 9. The molecule has 38 heavy (non-hydrogen) atoms. The van der Waals surface area contributed by atoms with E-state index in [-0.39, 0.29) is 6.10 Å². The van der Waals surface area contributed by atoms with E-state index in [2.05, 4.69) is 24.5 Å². The van der Waals surface area contributed by atoms with Crippen molar-refractivity contribution in [3.8, 4) is 22.7 Å². The Hall–Kier alpha value is -4.07. The molecular formula is C30H36N4O4. The standard InChI is InChI=1S/C30H36N4O4/c1-18(2)14-15-37-25-13-12-22(16-20(25)5)27-24(17-34(33-27)23-10-8-7-9-11-23)28-26(29(35)38-19(3)4)21(6)31-30(36)32-28/h7-13,16-19,28H,14-15H2,1-6H3,(H2,31,32,36). The van der Waals surface area contributed by atoms with Crippen molar-refractivity contribution in [2.45, 2.75) is 60.1 Å². The Labute approximate surface area is 224 Å². The Morgan fingerprint density at radius 3 is 2.47 bits per heavy atom. The third kappa shape index (κ3) is 6.07. The van der Waals surface area contributed by atoms with Crippen LogP contribution in [0.3, 0.4) is 0 Å². The molecule has 200 valence electrons. The Kier molecular flexibility index (Phi) is 8.20. The first kappa shape index (κ1) is 27.0. The smallest absolute Gasteiger partial charge is 0.338 e. The number of esters is 1. The van der Waals surface area contributed by atoms with Gasteiger partial charge >= 0.3 is 12.0 Å². The molecule has 0 radical (unpaired) electrons. The number of aryl methyl sites for hydroxylation is 1. The minimum Gasteiger partial charge on any atom is -0.493 e. The molecule has 3 aromatic rings. The minimum absolute atomic E-state index is 0.307. The topological polar surface area (TPSA) is 94.5 Å². The van der Waals surface area contributed by atoms with Gasteiger partial charge in [0.15, 0.2) is 0 Å². The molecule has 2 heterocycles. The van der Waals surface area contributed by atoms with Crippen LogP contribution in [0.25, 0.3) is 16.9 Å². The van der Waals surface area contributed by atoms with Crippen molar-refractivity contribution in [1.29, 1.82) is 0 Å². The highest BCUT2D eigenvalue weighted by Gasteiger charge is 2.35. The average Bonchev–Trinajstić information content (AvgIpc) is 3.30. The molecule has 8 nitrogen and oxygen atoms in total. The summed E-state index contributed by atoms with van der Waals surface area (Å²) in [6.07, 6.45) is 2.53. The number of carbonyl (C=O) groups excluding carboxylic acids is 2. The van der Waals surface area contributed by atoms with Crippen LogP contribution in [0.1, 0.15) is 58.2 Å². The van der Waals surface area contributed by atoms with Crippen molar-refractivity contribution in [2.24, 2.45) is 5.92 Å². The van der Waals surface area contributed by atoms with E-state index in [0.717, 1.165) is 29.0 Å². The molecule has 0 saturated carbocycles. The van der Waals surface area contributed by atoms with Crippen LogP contribution in [0.5, 0.6) is 5.75 Å². The average molecular weight is 517 g/mol. The van der Waals surface area contributed by atoms with Gasteiger partial charge in [0.2, 0.25) is 0 Å². The number of urea groups is 1. The van der Waals surface area contributed by atoms with Crippen LogP contribution in [-0.2, 0) is 9.53 Å². The van der Waals surface area contributed by atoms with Crippen molar-refractivity contribution in [1.82, 2.24) is 20.4 Å². The lowest BCUT2D eigenvalue weighted by Gasteiger charge is -2.28. The normalized spacial score (nSPS) is 15.5. The van der Waals surface area contributed by atoms with Gasteiger partial charge in [-0.1, -0.05) is 32.0 Å². The number of allylic oxidation sites excluding steroid dienone is 1. The molecule has 4 rings (SSSR count). The number of nitrogens with zero attached hydrogens (tertiary/aromatic N) is 2.